The molecule has 1 fully saturated rings. The summed E-state index contributed by atoms with van der Waals surface area (Å²) in [4.78, 5) is 14.5. The van der Waals surface area contributed by atoms with Crippen LogP contribution in [0.3, 0.4) is 0 Å². The van der Waals surface area contributed by atoms with Crippen molar-refractivity contribution < 1.29 is 14.6 Å². The van der Waals surface area contributed by atoms with Gasteiger partial charge < -0.3 is 14.7 Å². The molecular formula is C18H24N4O3. The van der Waals surface area contributed by atoms with Crippen LogP contribution in [0.2, 0.25) is 0 Å². The van der Waals surface area contributed by atoms with Gasteiger partial charge in [-0.25, -0.2) is 0 Å². The van der Waals surface area contributed by atoms with Crippen molar-refractivity contribution in [2.75, 3.05) is 13.7 Å². The van der Waals surface area contributed by atoms with Gasteiger partial charge in [-0.15, -0.1) is 5.10 Å². The fraction of sp³-hybridized carbons (Fsp3) is 0.500. The maximum absolute atomic E-state index is 12.7. The van der Waals surface area contributed by atoms with Crippen molar-refractivity contribution in [2.45, 2.75) is 44.4 Å². The number of benzene rings is 1. The lowest BCUT2D eigenvalue weighted by Gasteiger charge is -2.37. The molecule has 1 amide bonds. The van der Waals surface area contributed by atoms with E-state index in [-0.39, 0.29) is 11.9 Å². The van der Waals surface area contributed by atoms with Gasteiger partial charge in [-0.1, -0.05) is 17.3 Å². The number of aromatic nitrogens is 3. The van der Waals surface area contributed by atoms with Crippen molar-refractivity contribution >= 4 is 5.91 Å². The minimum Gasteiger partial charge on any atom is -0.497 e. The molecule has 0 saturated carbocycles. The van der Waals surface area contributed by atoms with Gasteiger partial charge in [0, 0.05) is 19.2 Å². The van der Waals surface area contributed by atoms with Gasteiger partial charge in [0.05, 0.1) is 25.9 Å². The molecule has 1 N–H and O–H groups in total. The Morgan fingerprint density at radius 1 is 1.40 bits per heavy atom. The minimum atomic E-state index is -1.11. The third-order valence-corrected chi connectivity index (χ3v) is 4.92. The third kappa shape index (κ3) is 3.66. The summed E-state index contributed by atoms with van der Waals surface area (Å²) in [7, 11) is 1.61. The van der Waals surface area contributed by atoms with Crippen molar-refractivity contribution in [1.29, 1.82) is 0 Å². The molecule has 1 aromatic heterocycles. The molecule has 7 nitrogen and oxygen atoms in total. The van der Waals surface area contributed by atoms with E-state index in [1.165, 1.54) is 0 Å². The highest BCUT2D eigenvalue weighted by atomic mass is 16.5. The Bertz CT molecular complexity index is 698. The van der Waals surface area contributed by atoms with Crippen molar-refractivity contribution in [3.05, 3.63) is 42.2 Å². The van der Waals surface area contributed by atoms with Gasteiger partial charge in [-0.3, -0.25) is 9.48 Å². The predicted octanol–water partition coefficient (Wildman–Crippen LogP) is 1.58. The smallest absolute Gasteiger partial charge is 0.224 e. The van der Waals surface area contributed by atoms with Crippen LogP contribution in [0.1, 0.15) is 31.7 Å². The lowest BCUT2D eigenvalue weighted by atomic mass is 9.86. The van der Waals surface area contributed by atoms with E-state index in [4.69, 9.17) is 4.74 Å². The average Bonchev–Trinajstić information content (AvgIpc) is 3.31. The topological polar surface area (TPSA) is 80.5 Å². The number of rotatable bonds is 6. The highest BCUT2D eigenvalue weighted by molar-refractivity contribution is 5.77. The number of aryl methyl sites for hydroxylation is 1. The van der Waals surface area contributed by atoms with Gasteiger partial charge in [0.25, 0.3) is 0 Å². The van der Waals surface area contributed by atoms with Gasteiger partial charge in [0.15, 0.2) is 0 Å². The monoisotopic (exact) mass is 344 g/mol. The van der Waals surface area contributed by atoms with Crippen molar-refractivity contribution in [2.24, 2.45) is 0 Å². The molecule has 0 aliphatic carbocycles. The summed E-state index contributed by atoms with van der Waals surface area (Å²) in [5.41, 5.74) is -0.319. The van der Waals surface area contributed by atoms with E-state index in [0.29, 0.717) is 19.5 Å². The molecule has 0 radical (unpaired) electrons. The maximum atomic E-state index is 12.7. The summed E-state index contributed by atoms with van der Waals surface area (Å²) in [6.45, 7) is 2.95. The SMILES string of the molecule is COc1ccc([C@](C)(O)[C@H]2CCCN2C(=O)CCn2ccnn2)cc1. The second-order valence-electron chi connectivity index (χ2n) is 6.54. The highest BCUT2D eigenvalue weighted by Gasteiger charge is 2.42. The zero-order chi connectivity index (χ0) is 17.9. The van der Waals surface area contributed by atoms with Crippen LogP contribution in [0.15, 0.2) is 36.7 Å². The van der Waals surface area contributed by atoms with Crippen molar-refractivity contribution in [3.63, 3.8) is 0 Å². The van der Waals surface area contributed by atoms with Crippen LogP contribution in [0.5, 0.6) is 5.75 Å². The lowest BCUT2D eigenvalue weighted by molar-refractivity contribution is -0.138. The Labute approximate surface area is 147 Å². The molecule has 0 bridgehead atoms. The molecule has 25 heavy (non-hydrogen) atoms. The summed E-state index contributed by atoms with van der Waals surface area (Å²) in [5.74, 6) is 0.776. The van der Waals surface area contributed by atoms with E-state index in [1.54, 1.807) is 36.0 Å². The van der Waals surface area contributed by atoms with Crippen molar-refractivity contribution in [1.82, 2.24) is 19.9 Å². The van der Waals surface area contributed by atoms with Gasteiger partial charge >= 0.3 is 0 Å². The number of hydrogen-bond donors (Lipinski definition) is 1. The molecular weight excluding hydrogens is 320 g/mol. The summed E-state index contributed by atoms with van der Waals surface area (Å²) >= 11 is 0. The van der Waals surface area contributed by atoms with Crippen LogP contribution >= 0.6 is 0 Å². The third-order valence-electron chi connectivity index (χ3n) is 4.92. The maximum Gasteiger partial charge on any atom is 0.224 e. The molecule has 2 heterocycles. The quantitative estimate of drug-likeness (QED) is 0.860. The van der Waals surface area contributed by atoms with Gasteiger partial charge in [0.1, 0.15) is 11.4 Å². The van der Waals surface area contributed by atoms with E-state index < -0.39 is 5.60 Å². The molecule has 1 aliphatic heterocycles. The molecule has 2 atom stereocenters. The van der Waals surface area contributed by atoms with E-state index >= 15 is 0 Å². The average molecular weight is 344 g/mol. The normalized spacial score (nSPS) is 19.6. The van der Waals surface area contributed by atoms with E-state index in [0.717, 1.165) is 24.2 Å². The molecule has 0 unspecified atom stereocenters. The molecule has 1 aliphatic rings. The van der Waals surface area contributed by atoms with E-state index in [9.17, 15) is 9.90 Å². The fourth-order valence-electron chi connectivity index (χ4n) is 3.48. The second kappa shape index (κ2) is 7.23. The molecule has 1 aromatic carbocycles. The van der Waals surface area contributed by atoms with Crippen LogP contribution in [-0.2, 0) is 16.9 Å². The first-order chi connectivity index (χ1) is 12.0. The van der Waals surface area contributed by atoms with Crippen LogP contribution in [-0.4, -0.2) is 50.6 Å². The van der Waals surface area contributed by atoms with Gasteiger partial charge in [-0.2, -0.15) is 0 Å². The number of carbonyl (C=O) groups excluding carboxylic acids is 1. The van der Waals surface area contributed by atoms with Crippen LogP contribution in [0, 0.1) is 0 Å². The zero-order valence-corrected chi connectivity index (χ0v) is 14.6. The number of likely N-dealkylation sites (tertiary alicyclic amines) is 1. The summed E-state index contributed by atoms with van der Waals surface area (Å²) in [5, 5.41) is 18.8. The minimum absolute atomic E-state index is 0.0341. The Balaban J connectivity index is 1.71. The highest BCUT2D eigenvalue weighted by Crippen LogP contribution is 2.35. The number of aliphatic hydroxyl groups is 1. The summed E-state index contributed by atoms with van der Waals surface area (Å²) in [6, 6.07) is 7.14. The Hall–Kier alpha value is -2.41. The molecule has 2 aromatic rings. The van der Waals surface area contributed by atoms with E-state index in [2.05, 4.69) is 10.3 Å². The summed E-state index contributed by atoms with van der Waals surface area (Å²) < 4.78 is 6.82. The first kappa shape index (κ1) is 17.4. The first-order valence-corrected chi connectivity index (χ1v) is 8.53. The Kier molecular flexibility index (Phi) is 5.03. The van der Waals surface area contributed by atoms with E-state index in [1.807, 2.05) is 24.3 Å². The second-order valence-corrected chi connectivity index (χ2v) is 6.54. The molecule has 3 rings (SSSR count). The standard InChI is InChI=1S/C18H24N4O3/c1-18(24,14-5-7-15(25-2)8-6-14)16-4-3-11-22(16)17(23)9-12-21-13-10-19-20-21/h5-8,10,13,16,24H,3-4,9,11-12H2,1-2H3/t16-,18+/m1/s1. The molecule has 0 spiro atoms. The van der Waals surface area contributed by atoms with Crippen molar-refractivity contribution in [3.8, 4) is 5.75 Å². The van der Waals surface area contributed by atoms with Crippen LogP contribution in [0.4, 0.5) is 0 Å². The fourth-order valence-corrected chi connectivity index (χ4v) is 3.48. The number of carbonyl (C=O) groups is 1. The lowest BCUT2D eigenvalue weighted by Crippen LogP contribution is -2.48. The van der Waals surface area contributed by atoms with Crippen LogP contribution < -0.4 is 4.74 Å². The largest absolute Gasteiger partial charge is 0.497 e. The number of ether oxygens (including phenoxy) is 1. The van der Waals surface area contributed by atoms with Gasteiger partial charge in [0.2, 0.25) is 5.91 Å². The number of nitrogens with zero attached hydrogens (tertiary/aromatic N) is 4. The number of methoxy groups -OCH3 is 1. The number of amides is 1. The Morgan fingerprint density at radius 3 is 2.80 bits per heavy atom. The predicted molar refractivity (Wildman–Crippen MR) is 91.9 cm³/mol. The Morgan fingerprint density at radius 2 is 2.16 bits per heavy atom. The first-order valence-electron chi connectivity index (χ1n) is 8.53. The molecule has 7 heteroatoms. The molecule has 134 valence electrons. The zero-order valence-electron chi connectivity index (χ0n) is 14.6. The van der Waals surface area contributed by atoms with Crippen LogP contribution in [0.25, 0.3) is 0 Å². The number of hydrogen-bond acceptors (Lipinski definition) is 5. The summed E-state index contributed by atoms with van der Waals surface area (Å²) in [6.07, 6.45) is 5.36. The van der Waals surface area contributed by atoms with Gasteiger partial charge in [-0.05, 0) is 37.5 Å². The molecule has 1 saturated heterocycles.